The third kappa shape index (κ3) is 8.98. The van der Waals surface area contributed by atoms with Crippen molar-refractivity contribution in [3.05, 3.63) is 27.6 Å². The molecule has 0 amide bonds. The molecule has 0 aliphatic carbocycles. The molecule has 0 aliphatic heterocycles. The van der Waals surface area contributed by atoms with E-state index in [0.717, 1.165) is 29.2 Å². The fourth-order valence-corrected chi connectivity index (χ4v) is 5.86. The monoisotopic (exact) mass is 616 g/mol. The van der Waals surface area contributed by atoms with Crippen molar-refractivity contribution < 1.29 is 5.11 Å². The summed E-state index contributed by atoms with van der Waals surface area (Å²) < 4.78 is 7.80. The van der Waals surface area contributed by atoms with Crippen LogP contribution in [0.2, 0.25) is 0 Å². The largest absolute Gasteiger partial charge is 0.493 e. The summed E-state index contributed by atoms with van der Waals surface area (Å²) in [5.41, 5.74) is -0.975. The first-order chi connectivity index (χ1) is 18.2. The van der Waals surface area contributed by atoms with Gasteiger partial charge in [0.25, 0.3) is 0 Å². The number of aryl methyl sites for hydroxylation is 2. The van der Waals surface area contributed by atoms with E-state index < -0.39 is 5.54 Å². The lowest BCUT2D eigenvalue weighted by Gasteiger charge is -2.28. The molecule has 0 spiro atoms. The molecule has 2 heterocycles. The van der Waals surface area contributed by atoms with Crippen LogP contribution in [0.25, 0.3) is 0 Å². The normalized spacial score (nSPS) is 11.9. The van der Waals surface area contributed by atoms with Crippen molar-refractivity contribution in [2.24, 2.45) is 0 Å². The van der Waals surface area contributed by atoms with E-state index in [2.05, 4.69) is 59.2 Å². The highest BCUT2D eigenvalue weighted by molar-refractivity contribution is 7.80. The van der Waals surface area contributed by atoms with Gasteiger partial charge in [0.05, 0.1) is 11.2 Å². The van der Waals surface area contributed by atoms with E-state index >= 15 is 0 Å². The Hall–Kier alpha value is -2.03. The van der Waals surface area contributed by atoms with Gasteiger partial charge in [0.1, 0.15) is 0 Å². The molecule has 10 nitrogen and oxygen atoms in total. The Bertz CT molecular complexity index is 1150. The summed E-state index contributed by atoms with van der Waals surface area (Å²) >= 11 is 21.0. The van der Waals surface area contributed by atoms with Crippen molar-refractivity contribution in [1.82, 2.24) is 39.5 Å². The molecule has 2 aromatic rings. The molecule has 2 rings (SSSR count). The minimum atomic E-state index is -0.562. The van der Waals surface area contributed by atoms with Crippen LogP contribution in [0.5, 0.6) is 5.88 Å². The fraction of sp³-hybridized carbons (Fsp3) is 0.680. The predicted octanol–water partition coefficient (Wildman–Crippen LogP) is 3.29. The summed E-state index contributed by atoms with van der Waals surface area (Å²) in [4.78, 5) is 12.5. The van der Waals surface area contributed by atoms with E-state index in [1.54, 1.807) is 0 Å². The minimum absolute atomic E-state index is 0.0286. The lowest BCUT2D eigenvalue weighted by atomic mass is 10.0. The van der Waals surface area contributed by atoms with Gasteiger partial charge in [-0.25, -0.2) is 4.79 Å². The van der Waals surface area contributed by atoms with Crippen molar-refractivity contribution in [1.29, 1.82) is 0 Å². The van der Waals surface area contributed by atoms with Crippen LogP contribution in [-0.4, -0.2) is 59.8 Å². The zero-order chi connectivity index (χ0) is 29.4. The number of nitrogens with zero attached hydrogens (tertiary/aromatic N) is 4. The Morgan fingerprint density at radius 3 is 1.74 bits per heavy atom. The van der Waals surface area contributed by atoms with Crippen LogP contribution in [0.15, 0.2) is 22.2 Å². The molecule has 0 bridgehead atoms. The van der Waals surface area contributed by atoms with Gasteiger partial charge in [0.15, 0.2) is 15.0 Å². The van der Waals surface area contributed by atoms with Crippen LogP contribution in [0.1, 0.15) is 60.8 Å². The highest BCUT2D eigenvalue weighted by atomic mass is 32.1. The molecule has 39 heavy (non-hydrogen) atoms. The molecule has 14 heteroatoms. The van der Waals surface area contributed by atoms with Gasteiger partial charge in [-0.3, -0.25) is 9.13 Å². The zero-order valence-electron chi connectivity index (χ0n) is 23.8. The first-order valence-corrected chi connectivity index (χ1v) is 15.0. The number of thiocarbonyl (C=S) groups is 2. The van der Waals surface area contributed by atoms with Gasteiger partial charge >= 0.3 is 5.69 Å². The van der Waals surface area contributed by atoms with E-state index in [9.17, 15) is 9.90 Å². The Morgan fingerprint density at radius 2 is 1.31 bits per heavy atom. The average molecular weight is 617 g/mol. The molecule has 0 aliphatic rings. The highest BCUT2D eigenvalue weighted by Gasteiger charge is 2.26. The van der Waals surface area contributed by atoms with Gasteiger partial charge < -0.3 is 35.5 Å². The standard InChI is InChI=1S/C25H44N8O2S4/c1-7-30-16-18(34)32(22(30)35)24(3,4)10-14-28-20(37)26-12-9-13-27-21(38)29-15-11-25(5,6)33-19(36)17-31(8-2)23(33)39/h16-17,34,36H,7-15H2,1-6H3,(H2,26,28,37)(H2,27,29,38). The number of hydrogen-bond donors (Lipinski definition) is 6. The highest BCUT2D eigenvalue weighted by Crippen LogP contribution is 2.26. The maximum absolute atomic E-state index is 12.5. The topological polar surface area (TPSA) is 105 Å². The number of hydrogen-bond acceptors (Lipinski definition) is 6. The van der Waals surface area contributed by atoms with Crippen molar-refractivity contribution >= 4 is 59.5 Å². The van der Waals surface area contributed by atoms with E-state index in [4.69, 9.17) is 36.7 Å². The lowest BCUT2D eigenvalue weighted by Crippen LogP contribution is -2.42. The van der Waals surface area contributed by atoms with Gasteiger partial charge in [-0.15, -0.1) is 12.6 Å². The molecule has 2 aromatic heterocycles. The van der Waals surface area contributed by atoms with Crippen LogP contribution in [0, 0.1) is 4.77 Å². The fourth-order valence-electron chi connectivity index (χ4n) is 4.35. The van der Waals surface area contributed by atoms with Gasteiger partial charge in [-0.1, -0.05) is 0 Å². The number of imidazole rings is 2. The Kier molecular flexibility index (Phi) is 12.4. The summed E-state index contributed by atoms with van der Waals surface area (Å²) in [7, 11) is 0. The van der Waals surface area contributed by atoms with Gasteiger partial charge in [-0.05, 0) is 97.5 Å². The van der Waals surface area contributed by atoms with E-state index in [0.29, 0.717) is 49.4 Å². The SMILES string of the molecule is CCn1cc(O)n(C(C)(C)CCNC(=S)NCCCNC(=S)NCCC(C)(C)n2c(S)cn(CC)c2=S)c1=O. The molecule has 0 saturated carbocycles. The molecule has 0 aromatic carbocycles. The third-order valence-electron chi connectivity index (χ3n) is 6.74. The Balaban J connectivity index is 1.63. The maximum atomic E-state index is 12.5. The van der Waals surface area contributed by atoms with Gasteiger partial charge in [-0.2, -0.15) is 0 Å². The molecule has 0 unspecified atom stereocenters. The van der Waals surface area contributed by atoms with Gasteiger partial charge in [0.2, 0.25) is 5.88 Å². The number of thiol groups is 1. The third-order valence-corrected chi connectivity index (χ3v) is 8.05. The van der Waals surface area contributed by atoms with E-state index in [1.807, 2.05) is 31.5 Å². The summed E-state index contributed by atoms with van der Waals surface area (Å²) in [6.07, 6.45) is 5.72. The summed E-state index contributed by atoms with van der Waals surface area (Å²) in [5, 5.41) is 25.1. The Morgan fingerprint density at radius 1 is 0.846 bits per heavy atom. The lowest BCUT2D eigenvalue weighted by molar-refractivity contribution is 0.276. The number of aromatic nitrogens is 4. The molecule has 0 fully saturated rings. The predicted molar refractivity (Wildman–Crippen MR) is 172 cm³/mol. The molecule has 0 saturated heterocycles. The summed E-state index contributed by atoms with van der Waals surface area (Å²) in [6, 6.07) is 0. The molecule has 5 N–H and O–H groups in total. The maximum Gasteiger partial charge on any atom is 0.331 e. The van der Waals surface area contributed by atoms with Crippen molar-refractivity contribution in [2.75, 3.05) is 26.2 Å². The van der Waals surface area contributed by atoms with Crippen molar-refractivity contribution in [3.8, 4) is 5.88 Å². The summed E-state index contributed by atoms with van der Waals surface area (Å²) in [5.74, 6) is -0.0286. The summed E-state index contributed by atoms with van der Waals surface area (Å²) in [6.45, 7) is 16.1. The average Bonchev–Trinajstić information content (AvgIpc) is 3.32. The van der Waals surface area contributed by atoms with Crippen LogP contribution in [-0.2, 0) is 24.2 Å². The Labute approximate surface area is 253 Å². The molecule has 0 radical (unpaired) electrons. The number of aromatic hydroxyl groups is 1. The van der Waals surface area contributed by atoms with Crippen LogP contribution >= 0.6 is 49.3 Å². The molecular formula is C25H44N8O2S4. The van der Waals surface area contributed by atoms with Crippen molar-refractivity contribution in [2.45, 2.75) is 90.0 Å². The van der Waals surface area contributed by atoms with E-state index in [1.165, 1.54) is 15.3 Å². The molecule has 0 atom stereocenters. The molecular weight excluding hydrogens is 573 g/mol. The first-order valence-electron chi connectivity index (χ1n) is 13.3. The number of nitrogens with one attached hydrogen (secondary N) is 4. The van der Waals surface area contributed by atoms with E-state index in [-0.39, 0.29) is 17.1 Å². The first kappa shape index (κ1) is 33.2. The van der Waals surface area contributed by atoms with Crippen molar-refractivity contribution in [3.63, 3.8) is 0 Å². The number of rotatable bonds is 14. The van der Waals surface area contributed by atoms with Crippen LogP contribution in [0.3, 0.4) is 0 Å². The second-order valence-electron chi connectivity index (χ2n) is 10.6. The van der Waals surface area contributed by atoms with Crippen LogP contribution < -0.4 is 27.0 Å². The van der Waals surface area contributed by atoms with Crippen LogP contribution in [0.4, 0.5) is 0 Å². The second kappa shape index (κ2) is 14.6. The molecule has 220 valence electrons. The minimum Gasteiger partial charge on any atom is -0.493 e. The smallest absolute Gasteiger partial charge is 0.331 e. The quantitative estimate of drug-likeness (QED) is 0.108. The zero-order valence-corrected chi connectivity index (χ0v) is 27.2. The van der Waals surface area contributed by atoms with Gasteiger partial charge in [0, 0.05) is 56.5 Å². The second-order valence-corrected chi connectivity index (χ2v) is 12.3.